The maximum Gasteiger partial charge on any atom is 0.229 e. The van der Waals surface area contributed by atoms with Gasteiger partial charge in [-0.25, -0.2) is 0 Å². The van der Waals surface area contributed by atoms with Crippen molar-refractivity contribution in [1.29, 1.82) is 0 Å². The molecule has 0 radical (unpaired) electrons. The van der Waals surface area contributed by atoms with E-state index in [1.54, 1.807) is 4.90 Å². The zero-order chi connectivity index (χ0) is 14.0. The van der Waals surface area contributed by atoms with Gasteiger partial charge in [0.15, 0.2) is 0 Å². The number of amides is 1. The number of hydrogen-bond acceptors (Lipinski definition) is 5. The van der Waals surface area contributed by atoms with Crippen molar-refractivity contribution < 1.29 is 4.79 Å². The number of rotatable bonds is 3. The van der Waals surface area contributed by atoms with Gasteiger partial charge in [0.05, 0.1) is 0 Å². The van der Waals surface area contributed by atoms with Crippen LogP contribution in [0.5, 0.6) is 0 Å². The molecule has 0 spiro atoms. The molecular formula is C11H16N6OS. The van der Waals surface area contributed by atoms with Crippen LogP contribution in [0.1, 0.15) is 32.2 Å². The predicted molar refractivity (Wildman–Crippen MR) is 73.1 cm³/mol. The maximum atomic E-state index is 11.9. The topological polar surface area (TPSA) is 94.8 Å². The molecule has 1 unspecified atom stereocenters. The molecule has 0 N–H and O–H groups in total. The number of hydrogen-bond donors (Lipinski definition) is 0. The van der Waals surface area contributed by atoms with Gasteiger partial charge in [0, 0.05) is 29.8 Å². The van der Waals surface area contributed by atoms with Crippen molar-refractivity contribution in [2.45, 2.75) is 32.6 Å². The highest BCUT2D eigenvalue weighted by atomic mass is 32.1. The Morgan fingerprint density at radius 3 is 2.84 bits per heavy atom. The van der Waals surface area contributed by atoms with Gasteiger partial charge in [-0.15, -0.1) is 10.2 Å². The van der Waals surface area contributed by atoms with E-state index >= 15 is 0 Å². The standard InChI is InChI=1S/C11H16N6OS/c1-11(2,3)9-14-15-10(19-9)17-6-7(4-8(17)18)5-13-16-12/h7H,4-6H2,1-3H3. The Kier molecular flexibility index (Phi) is 3.73. The third kappa shape index (κ3) is 3.02. The molecule has 2 rings (SSSR count). The zero-order valence-corrected chi connectivity index (χ0v) is 12.0. The highest BCUT2D eigenvalue weighted by Gasteiger charge is 2.33. The Labute approximate surface area is 115 Å². The average molecular weight is 280 g/mol. The predicted octanol–water partition coefficient (Wildman–Crippen LogP) is 2.50. The van der Waals surface area contributed by atoms with E-state index in [4.69, 9.17) is 5.53 Å². The lowest BCUT2D eigenvalue weighted by Gasteiger charge is -2.13. The van der Waals surface area contributed by atoms with Crippen molar-refractivity contribution >= 4 is 22.4 Å². The Bertz CT molecular complexity index is 528. The van der Waals surface area contributed by atoms with Gasteiger partial charge in [0.2, 0.25) is 11.0 Å². The second-order valence-electron chi connectivity index (χ2n) is 5.63. The first-order valence-electron chi connectivity index (χ1n) is 6.07. The van der Waals surface area contributed by atoms with Crippen molar-refractivity contribution in [2.75, 3.05) is 18.0 Å². The summed E-state index contributed by atoms with van der Waals surface area (Å²) in [5, 5.41) is 13.3. The molecule has 19 heavy (non-hydrogen) atoms. The lowest BCUT2D eigenvalue weighted by molar-refractivity contribution is -0.117. The first-order chi connectivity index (χ1) is 8.91. The number of nitrogens with zero attached hydrogens (tertiary/aromatic N) is 6. The quantitative estimate of drug-likeness (QED) is 0.483. The fourth-order valence-corrected chi connectivity index (χ4v) is 2.80. The van der Waals surface area contributed by atoms with Crippen molar-refractivity contribution in [1.82, 2.24) is 10.2 Å². The molecule has 7 nitrogen and oxygen atoms in total. The van der Waals surface area contributed by atoms with E-state index < -0.39 is 0 Å². The SMILES string of the molecule is CC(C)(C)c1nnc(N2CC(CN=[N+]=[N-])CC2=O)s1. The van der Waals surface area contributed by atoms with Gasteiger partial charge >= 0.3 is 0 Å². The van der Waals surface area contributed by atoms with Gasteiger partial charge < -0.3 is 0 Å². The third-order valence-corrected chi connectivity index (χ3v) is 4.27. The highest BCUT2D eigenvalue weighted by Crippen LogP contribution is 2.32. The summed E-state index contributed by atoms with van der Waals surface area (Å²) in [6.07, 6.45) is 0.406. The summed E-state index contributed by atoms with van der Waals surface area (Å²) in [5.41, 5.74) is 8.24. The van der Waals surface area contributed by atoms with Crippen LogP contribution in [0.25, 0.3) is 10.4 Å². The van der Waals surface area contributed by atoms with Crippen LogP contribution >= 0.6 is 11.3 Å². The van der Waals surface area contributed by atoms with Gasteiger partial charge in [-0.05, 0) is 11.4 Å². The minimum Gasteiger partial charge on any atom is -0.286 e. The molecule has 102 valence electrons. The Hall–Kier alpha value is -1.66. The summed E-state index contributed by atoms with van der Waals surface area (Å²) in [5.74, 6) is 0.0973. The van der Waals surface area contributed by atoms with Gasteiger partial charge in [-0.1, -0.05) is 37.2 Å². The fraction of sp³-hybridized carbons (Fsp3) is 0.727. The van der Waals surface area contributed by atoms with Crippen molar-refractivity contribution in [3.63, 3.8) is 0 Å². The van der Waals surface area contributed by atoms with Crippen LogP contribution in [0.4, 0.5) is 5.13 Å². The molecular weight excluding hydrogens is 264 g/mol. The normalized spacial score (nSPS) is 19.6. The molecule has 0 aliphatic carbocycles. The van der Waals surface area contributed by atoms with Crippen LogP contribution in [0, 0.1) is 5.92 Å². The molecule has 1 aromatic rings. The molecule has 0 saturated carbocycles. The second-order valence-corrected chi connectivity index (χ2v) is 6.58. The van der Waals surface area contributed by atoms with Crippen LogP contribution in [0.2, 0.25) is 0 Å². The van der Waals surface area contributed by atoms with E-state index in [-0.39, 0.29) is 17.2 Å². The largest absolute Gasteiger partial charge is 0.286 e. The summed E-state index contributed by atoms with van der Waals surface area (Å²) in [7, 11) is 0. The van der Waals surface area contributed by atoms with Gasteiger partial charge in [-0.3, -0.25) is 9.69 Å². The first-order valence-corrected chi connectivity index (χ1v) is 6.88. The molecule has 1 fully saturated rings. The smallest absolute Gasteiger partial charge is 0.229 e. The van der Waals surface area contributed by atoms with E-state index in [9.17, 15) is 4.79 Å². The van der Waals surface area contributed by atoms with Crippen LogP contribution in [-0.4, -0.2) is 29.2 Å². The van der Waals surface area contributed by atoms with Gasteiger partial charge in [0.25, 0.3) is 0 Å². The molecule has 0 bridgehead atoms. The van der Waals surface area contributed by atoms with Gasteiger partial charge in [0.1, 0.15) is 5.01 Å². The molecule has 8 heteroatoms. The summed E-state index contributed by atoms with van der Waals surface area (Å²) < 4.78 is 0. The third-order valence-electron chi connectivity index (χ3n) is 2.90. The Morgan fingerprint density at radius 1 is 1.53 bits per heavy atom. The number of carbonyl (C=O) groups is 1. The molecule has 1 aliphatic rings. The van der Waals surface area contributed by atoms with E-state index in [0.717, 1.165) is 5.01 Å². The van der Waals surface area contributed by atoms with E-state index in [1.807, 2.05) is 0 Å². The molecule has 1 aromatic heterocycles. The van der Waals surface area contributed by atoms with Crippen molar-refractivity contribution in [3.8, 4) is 0 Å². The molecule has 1 saturated heterocycles. The fourth-order valence-electron chi connectivity index (χ4n) is 1.87. The van der Waals surface area contributed by atoms with Gasteiger partial charge in [-0.2, -0.15) is 0 Å². The molecule has 0 aromatic carbocycles. The zero-order valence-electron chi connectivity index (χ0n) is 11.2. The summed E-state index contributed by atoms with van der Waals surface area (Å²) in [6.45, 7) is 7.09. The number of aromatic nitrogens is 2. The average Bonchev–Trinajstić information content (AvgIpc) is 2.91. The number of carbonyl (C=O) groups excluding carboxylic acids is 1. The molecule has 1 amide bonds. The lowest BCUT2D eigenvalue weighted by atomic mass is 9.98. The molecule has 2 heterocycles. The Balaban J connectivity index is 2.12. The Morgan fingerprint density at radius 2 is 2.26 bits per heavy atom. The second kappa shape index (κ2) is 5.14. The summed E-state index contributed by atoms with van der Waals surface area (Å²) in [4.78, 5) is 16.3. The summed E-state index contributed by atoms with van der Waals surface area (Å²) in [6, 6.07) is 0. The first kappa shape index (κ1) is 13.8. The van der Waals surface area contributed by atoms with Crippen molar-refractivity contribution in [3.05, 3.63) is 15.5 Å². The summed E-state index contributed by atoms with van der Waals surface area (Å²) >= 11 is 1.45. The highest BCUT2D eigenvalue weighted by molar-refractivity contribution is 7.15. The van der Waals surface area contributed by atoms with Crippen molar-refractivity contribution in [2.24, 2.45) is 11.0 Å². The van der Waals surface area contributed by atoms with E-state index in [0.29, 0.717) is 24.6 Å². The monoisotopic (exact) mass is 280 g/mol. The minimum atomic E-state index is -0.0663. The molecule has 1 atom stereocenters. The van der Waals surface area contributed by atoms with Crippen LogP contribution in [0.3, 0.4) is 0 Å². The maximum absolute atomic E-state index is 11.9. The lowest BCUT2D eigenvalue weighted by Crippen LogP contribution is -2.24. The minimum absolute atomic E-state index is 0.0229. The van der Waals surface area contributed by atoms with E-state index in [2.05, 4.69) is 41.0 Å². The van der Waals surface area contributed by atoms with Crippen LogP contribution in [0.15, 0.2) is 5.11 Å². The number of anilines is 1. The molecule has 1 aliphatic heterocycles. The van der Waals surface area contributed by atoms with Crippen LogP contribution in [-0.2, 0) is 10.2 Å². The van der Waals surface area contributed by atoms with Crippen LogP contribution < -0.4 is 4.90 Å². The van der Waals surface area contributed by atoms with E-state index in [1.165, 1.54) is 11.3 Å². The number of azide groups is 1.